The summed E-state index contributed by atoms with van der Waals surface area (Å²) < 4.78 is 37.1. The van der Waals surface area contributed by atoms with E-state index in [9.17, 15) is 8.42 Å². The molecule has 0 radical (unpaired) electrons. The molecule has 2 heterocycles. The van der Waals surface area contributed by atoms with Crippen molar-refractivity contribution >= 4 is 10.0 Å². The second kappa shape index (κ2) is 6.63. The molecule has 1 aromatic heterocycles. The third-order valence-corrected chi connectivity index (χ3v) is 6.07. The van der Waals surface area contributed by atoms with Crippen molar-refractivity contribution < 1.29 is 17.7 Å². The summed E-state index contributed by atoms with van der Waals surface area (Å²) in [6.07, 6.45) is 1.30. The van der Waals surface area contributed by atoms with Gasteiger partial charge >= 0.3 is 0 Å². The Morgan fingerprint density at radius 1 is 1.33 bits per heavy atom. The average molecular weight is 347 g/mol. The number of hydrogen-bond acceptors (Lipinski definition) is 6. The first-order valence-corrected chi connectivity index (χ1v) is 8.99. The second-order valence-corrected chi connectivity index (χ2v) is 7.53. The van der Waals surface area contributed by atoms with E-state index in [0.29, 0.717) is 37.4 Å². The van der Waals surface area contributed by atoms with E-state index in [1.165, 1.54) is 23.5 Å². The van der Waals surface area contributed by atoms with Crippen LogP contribution in [0.4, 0.5) is 0 Å². The minimum atomic E-state index is -3.59. The Hall–Kier alpha value is -2.37. The lowest BCUT2D eigenvalue weighted by Gasteiger charge is -2.30. The van der Waals surface area contributed by atoms with Crippen LogP contribution in [-0.4, -0.2) is 38.1 Å². The van der Waals surface area contributed by atoms with Gasteiger partial charge in [-0.2, -0.15) is 9.57 Å². The molecule has 8 heteroatoms. The van der Waals surface area contributed by atoms with Crippen LogP contribution in [0.15, 0.2) is 39.8 Å². The van der Waals surface area contributed by atoms with Crippen LogP contribution in [0, 0.1) is 11.3 Å². The Balaban J connectivity index is 1.72. The van der Waals surface area contributed by atoms with Gasteiger partial charge in [0, 0.05) is 25.1 Å². The number of nitriles is 1. The van der Waals surface area contributed by atoms with E-state index in [-0.39, 0.29) is 10.8 Å². The van der Waals surface area contributed by atoms with Crippen LogP contribution in [0.3, 0.4) is 0 Å². The Bertz CT molecular complexity index is 861. The van der Waals surface area contributed by atoms with Crippen LogP contribution >= 0.6 is 0 Å². The third-order valence-electron chi connectivity index (χ3n) is 4.17. The Morgan fingerprint density at radius 2 is 2.08 bits per heavy atom. The highest BCUT2D eigenvalue weighted by Crippen LogP contribution is 2.32. The summed E-state index contributed by atoms with van der Waals surface area (Å²) in [7, 11) is -2.07. The molecule has 3 rings (SSSR count). The van der Waals surface area contributed by atoms with Gasteiger partial charge in [-0.05, 0) is 36.2 Å². The highest BCUT2D eigenvalue weighted by Gasteiger charge is 2.31. The quantitative estimate of drug-likeness (QED) is 0.840. The maximum absolute atomic E-state index is 12.7. The van der Waals surface area contributed by atoms with Crippen LogP contribution in [0.1, 0.15) is 30.1 Å². The minimum Gasteiger partial charge on any atom is -0.479 e. The van der Waals surface area contributed by atoms with Gasteiger partial charge in [0.05, 0.1) is 23.6 Å². The molecule has 1 aliphatic heterocycles. The van der Waals surface area contributed by atoms with Gasteiger partial charge in [-0.25, -0.2) is 8.42 Å². The van der Waals surface area contributed by atoms with Crippen molar-refractivity contribution in [2.75, 3.05) is 20.2 Å². The monoisotopic (exact) mass is 347 g/mol. The molecular weight excluding hydrogens is 330 g/mol. The highest BCUT2D eigenvalue weighted by atomic mass is 32.2. The largest absolute Gasteiger partial charge is 0.479 e. The zero-order valence-electron chi connectivity index (χ0n) is 13.2. The molecule has 0 bridgehead atoms. The topological polar surface area (TPSA) is 96.4 Å². The summed E-state index contributed by atoms with van der Waals surface area (Å²) in [5, 5.41) is 12.7. The van der Waals surface area contributed by atoms with Gasteiger partial charge < -0.3 is 9.26 Å². The molecule has 1 aliphatic rings. The maximum atomic E-state index is 12.7. The molecule has 0 N–H and O–H groups in total. The molecule has 0 saturated carbocycles. The van der Waals surface area contributed by atoms with Gasteiger partial charge in [0.1, 0.15) is 5.76 Å². The Kier molecular flexibility index (Phi) is 4.55. The Labute approximate surface area is 140 Å². The van der Waals surface area contributed by atoms with E-state index in [4.69, 9.17) is 14.5 Å². The smallest absolute Gasteiger partial charge is 0.254 e. The summed E-state index contributed by atoms with van der Waals surface area (Å²) in [6, 6.07) is 9.80. The molecule has 126 valence electrons. The van der Waals surface area contributed by atoms with Crippen molar-refractivity contribution in [2.24, 2.45) is 0 Å². The first kappa shape index (κ1) is 16.5. The predicted molar refractivity (Wildman–Crippen MR) is 84.9 cm³/mol. The van der Waals surface area contributed by atoms with Crippen molar-refractivity contribution in [1.29, 1.82) is 5.26 Å². The van der Waals surface area contributed by atoms with Crippen molar-refractivity contribution in [3.05, 3.63) is 41.7 Å². The fourth-order valence-electron chi connectivity index (χ4n) is 2.82. The van der Waals surface area contributed by atoms with Gasteiger partial charge in [0.15, 0.2) is 0 Å². The van der Waals surface area contributed by atoms with Gasteiger partial charge in [0.2, 0.25) is 10.0 Å². The van der Waals surface area contributed by atoms with Crippen LogP contribution < -0.4 is 4.74 Å². The highest BCUT2D eigenvalue weighted by molar-refractivity contribution is 7.89. The van der Waals surface area contributed by atoms with Gasteiger partial charge in [-0.15, -0.1) is 0 Å². The number of rotatable bonds is 4. The second-order valence-electron chi connectivity index (χ2n) is 5.59. The minimum absolute atomic E-state index is 0.123. The molecule has 1 aromatic carbocycles. The summed E-state index contributed by atoms with van der Waals surface area (Å²) in [5.41, 5.74) is 0.333. The SMILES string of the molecule is COc1cc(C2CCN(S(=O)(=O)c3cccc(C#N)c3)CC2)on1. The number of benzene rings is 1. The van der Waals surface area contributed by atoms with Crippen LogP contribution in [0.2, 0.25) is 0 Å². The maximum Gasteiger partial charge on any atom is 0.254 e. The molecule has 0 aliphatic carbocycles. The number of aromatic nitrogens is 1. The molecule has 0 atom stereocenters. The zero-order chi connectivity index (χ0) is 17.2. The lowest BCUT2D eigenvalue weighted by molar-refractivity contribution is 0.269. The molecular formula is C16H17N3O4S. The number of piperidine rings is 1. The summed E-state index contributed by atoms with van der Waals surface area (Å²) in [4.78, 5) is 0.154. The van der Waals surface area contributed by atoms with E-state index in [1.54, 1.807) is 18.2 Å². The molecule has 2 aromatic rings. The van der Waals surface area contributed by atoms with Crippen molar-refractivity contribution in [1.82, 2.24) is 9.46 Å². The standard InChI is InChI=1S/C16H17N3O4S/c1-22-16-10-15(23-18-16)13-5-7-19(8-6-13)24(20,21)14-4-2-3-12(9-14)11-17/h2-4,9-10,13H,5-8H2,1H3. The van der Waals surface area contributed by atoms with E-state index in [2.05, 4.69) is 5.16 Å². The number of nitrogens with zero attached hydrogens (tertiary/aromatic N) is 3. The van der Waals surface area contributed by atoms with E-state index >= 15 is 0 Å². The summed E-state index contributed by atoms with van der Waals surface area (Å²) in [6.45, 7) is 0.791. The number of hydrogen-bond donors (Lipinski definition) is 0. The van der Waals surface area contributed by atoms with Crippen LogP contribution in [0.5, 0.6) is 5.88 Å². The lowest BCUT2D eigenvalue weighted by atomic mass is 9.96. The van der Waals surface area contributed by atoms with Gasteiger partial charge in [-0.3, -0.25) is 0 Å². The molecule has 0 amide bonds. The molecule has 0 spiro atoms. The van der Waals surface area contributed by atoms with Crippen molar-refractivity contribution in [3.63, 3.8) is 0 Å². The number of ether oxygens (including phenoxy) is 1. The Morgan fingerprint density at radius 3 is 2.71 bits per heavy atom. The van der Waals surface area contributed by atoms with Crippen LogP contribution in [0.25, 0.3) is 0 Å². The molecule has 0 unspecified atom stereocenters. The summed E-state index contributed by atoms with van der Waals surface area (Å²) in [5.74, 6) is 1.27. The first-order valence-electron chi connectivity index (χ1n) is 7.55. The summed E-state index contributed by atoms with van der Waals surface area (Å²) >= 11 is 0. The van der Waals surface area contributed by atoms with Gasteiger partial charge in [-0.1, -0.05) is 6.07 Å². The lowest BCUT2D eigenvalue weighted by Crippen LogP contribution is -2.37. The molecule has 7 nitrogen and oxygen atoms in total. The van der Waals surface area contributed by atoms with E-state index < -0.39 is 10.0 Å². The average Bonchev–Trinajstić information content (AvgIpc) is 3.11. The fraction of sp³-hybridized carbons (Fsp3) is 0.375. The first-order chi connectivity index (χ1) is 11.5. The van der Waals surface area contributed by atoms with E-state index in [1.807, 2.05) is 6.07 Å². The fourth-order valence-corrected chi connectivity index (χ4v) is 4.33. The molecule has 1 fully saturated rings. The van der Waals surface area contributed by atoms with E-state index in [0.717, 1.165) is 5.76 Å². The van der Waals surface area contributed by atoms with Crippen LogP contribution in [-0.2, 0) is 10.0 Å². The van der Waals surface area contributed by atoms with Gasteiger partial charge in [0.25, 0.3) is 5.88 Å². The third kappa shape index (κ3) is 3.13. The normalized spacial score (nSPS) is 16.7. The van der Waals surface area contributed by atoms with Crippen molar-refractivity contribution in [2.45, 2.75) is 23.7 Å². The number of sulfonamides is 1. The zero-order valence-corrected chi connectivity index (χ0v) is 14.0. The molecule has 1 saturated heterocycles. The number of methoxy groups -OCH3 is 1. The molecule has 24 heavy (non-hydrogen) atoms. The predicted octanol–water partition coefficient (Wildman–Crippen LogP) is 2.12. The van der Waals surface area contributed by atoms with Crippen molar-refractivity contribution in [3.8, 4) is 11.9 Å².